The summed E-state index contributed by atoms with van der Waals surface area (Å²) in [5.41, 5.74) is 1.36. The lowest BCUT2D eigenvalue weighted by atomic mass is 10.1. The molecule has 0 atom stereocenters. The second-order valence-corrected chi connectivity index (χ2v) is 4.68. The molecule has 2 N–H and O–H groups in total. The Kier molecular flexibility index (Phi) is 5.36. The van der Waals surface area contributed by atoms with Crippen LogP contribution in [0, 0.1) is 0 Å². The minimum Gasteiger partial charge on any atom is -0.382 e. The number of carbonyl (C=O) groups excluding carboxylic acids is 2. The normalized spacial score (nSPS) is 10.2. The number of rotatable bonds is 5. The summed E-state index contributed by atoms with van der Waals surface area (Å²) >= 11 is 0. The zero-order chi connectivity index (χ0) is 14.4. The molecule has 1 aromatic rings. The fourth-order valence-electron chi connectivity index (χ4n) is 1.68. The molecule has 0 saturated heterocycles. The van der Waals surface area contributed by atoms with Gasteiger partial charge in [0.15, 0.2) is 0 Å². The number of amides is 2. The van der Waals surface area contributed by atoms with Crippen molar-refractivity contribution >= 4 is 17.5 Å². The van der Waals surface area contributed by atoms with Gasteiger partial charge in [-0.3, -0.25) is 9.59 Å². The van der Waals surface area contributed by atoms with Crippen molar-refractivity contribution in [3.8, 4) is 0 Å². The van der Waals surface area contributed by atoms with Crippen molar-refractivity contribution in [2.75, 3.05) is 26.0 Å². The van der Waals surface area contributed by atoms with E-state index in [1.165, 1.54) is 4.90 Å². The molecule has 0 aliphatic carbocycles. The van der Waals surface area contributed by atoms with Gasteiger partial charge in [0.05, 0.1) is 12.1 Å². The molecule has 0 aromatic heterocycles. The zero-order valence-electron chi connectivity index (χ0n) is 11.9. The summed E-state index contributed by atoms with van der Waals surface area (Å²) in [6.45, 7) is 4.07. The van der Waals surface area contributed by atoms with Gasteiger partial charge in [-0.25, -0.2) is 0 Å². The minimum atomic E-state index is -0.190. The Bertz CT molecular complexity index is 458. The molecule has 0 aliphatic rings. The van der Waals surface area contributed by atoms with Gasteiger partial charge in [-0.05, 0) is 26.0 Å². The van der Waals surface area contributed by atoms with Gasteiger partial charge in [0, 0.05) is 25.8 Å². The van der Waals surface area contributed by atoms with Gasteiger partial charge in [0.1, 0.15) is 0 Å². The third kappa shape index (κ3) is 4.28. The van der Waals surface area contributed by atoms with Gasteiger partial charge in [-0.1, -0.05) is 12.1 Å². The Balaban J connectivity index is 2.89. The van der Waals surface area contributed by atoms with E-state index < -0.39 is 0 Å². The molecule has 1 rings (SSSR count). The second kappa shape index (κ2) is 6.78. The number of carbonyl (C=O) groups is 2. The number of benzene rings is 1. The van der Waals surface area contributed by atoms with E-state index in [9.17, 15) is 9.59 Å². The van der Waals surface area contributed by atoms with E-state index in [1.54, 1.807) is 20.2 Å². The summed E-state index contributed by atoms with van der Waals surface area (Å²) in [7, 11) is 3.17. The largest absolute Gasteiger partial charge is 0.382 e. The Morgan fingerprint density at radius 3 is 2.47 bits per heavy atom. The molecule has 1 aromatic carbocycles. The molecule has 0 aliphatic heterocycles. The molecule has 5 nitrogen and oxygen atoms in total. The van der Waals surface area contributed by atoms with Crippen LogP contribution in [-0.2, 0) is 4.79 Å². The van der Waals surface area contributed by atoms with Crippen LogP contribution in [-0.4, -0.2) is 43.4 Å². The molecule has 0 spiro atoms. The van der Waals surface area contributed by atoms with Gasteiger partial charge < -0.3 is 15.5 Å². The average molecular weight is 263 g/mol. The number of nitrogens with one attached hydrogen (secondary N) is 2. The third-order valence-electron chi connectivity index (χ3n) is 2.61. The van der Waals surface area contributed by atoms with E-state index in [0.717, 1.165) is 5.69 Å². The Morgan fingerprint density at radius 2 is 1.89 bits per heavy atom. The zero-order valence-corrected chi connectivity index (χ0v) is 11.9. The van der Waals surface area contributed by atoms with Crippen LogP contribution >= 0.6 is 0 Å². The van der Waals surface area contributed by atoms with Gasteiger partial charge in [0.25, 0.3) is 5.91 Å². The Labute approximate surface area is 114 Å². The summed E-state index contributed by atoms with van der Waals surface area (Å²) in [5, 5.41) is 5.73. The average Bonchev–Trinajstić information content (AvgIpc) is 2.37. The number of anilines is 1. The molecule has 0 bridgehead atoms. The summed E-state index contributed by atoms with van der Waals surface area (Å²) in [5.74, 6) is -0.363. The van der Waals surface area contributed by atoms with Crippen molar-refractivity contribution in [2.24, 2.45) is 0 Å². The number of para-hydroxylation sites is 1. The van der Waals surface area contributed by atoms with E-state index in [4.69, 9.17) is 0 Å². The molecular weight excluding hydrogens is 242 g/mol. The summed E-state index contributed by atoms with van der Waals surface area (Å²) < 4.78 is 0. The lowest BCUT2D eigenvalue weighted by Gasteiger charge is -2.19. The first kappa shape index (κ1) is 15.0. The summed E-state index contributed by atoms with van der Waals surface area (Å²) in [4.78, 5) is 25.0. The number of likely N-dealkylation sites (N-methyl/N-ethyl adjacent to an activating group) is 2. The van der Waals surface area contributed by atoms with Crippen LogP contribution in [0.3, 0.4) is 0 Å². The molecule has 0 unspecified atom stereocenters. The van der Waals surface area contributed by atoms with Gasteiger partial charge in [-0.15, -0.1) is 0 Å². The highest BCUT2D eigenvalue weighted by atomic mass is 16.2. The maximum Gasteiger partial charge on any atom is 0.256 e. The van der Waals surface area contributed by atoms with E-state index in [2.05, 4.69) is 10.6 Å². The number of nitrogens with zero attached hydrogens (tertiary/aromatic N) is 1. The van der Waals surface area contributed by atoms with Crippen molar-refractivity contribution < 1.29 is 9.59 Å². The van der Waals surface area contributed by atoms with Crippen LogP contribution in [0.1, 0.15) is 24.2 Å². The highest BCUT2D eigenvalue weighted by molar-refractivity contribution is 6.01. The van der Waals surface area contributed by atoms with E-state index in [-0.39, 0.29) is 24.4 Å². The molecule has 0 heterocycles. The Hall–Kier alpha value is -2.04. The standard InChI is InChI=1S/C14H21N3O2/c1-10(2)16-12-8-6-5-7-11(12)14(19)17(4)9-13(18)15-3/h5-8,10,16H,9H2,1-4H3,(H,15,18). The number of hydrogen-bond acceptors (Lipinski definition) is 3. The quantitative estimate of drug-likeness (QED) is 0.842. The molecule has 2 amide bonds. The maximum absolute atomic E-state index is 12.3. The predicted octanol–water partition coefficient (Wildman–Crippen LogP) is 1.32. The number of hydrogen-bond donors (Lipinski definition) is 2. The molecule has 19 heavy (non-hydrogen) atoms. The smallest absolute Gasteiger partial charge is 0.256 e. The highest BCUT2D eigenvalue weighted by Gasteiger charge is 2.17. The Morgan fingerprint density at radius 1 is 1.26 bits per heavy atom. The van der Waals surface area contributed by atoms with Crippen LogP contribution < -0.4 is 10.6 Å². The van der Waals surface area contributed by atoms with Crippen molar-refractivity contribution in [2.45, 2.75) is 19.9 Å². The molecule has 0 saturated carbocycles. The molecule has 0 fully saturated rings. The van der Waals surface area contributed by atoms with Crippen LogP contribution in [0.5, 0.6) is 0 Å². The van der Waals surface area contributed by atoms with Crippen molar-refractivity contribution in [3.63, 3.8) is 0 Å². The SMILES string of the molecule is CNC(=O)CN(C)C(=O)c1ccccc1NC(C)C. The van der Waals surface area contributed by atoms with Gasteiger partial charge >= 0.3 is 0 Å². The van der Waals surface area contributed by atoms with Crippen molar-refractivity contribution in [3.05, 3.63) is 29.8 Å². The van der Waals surface area contributed by atoms with E-state index >= 15 is 0 Å². The first-order valence-corrected chi connectivity index (χ1v) is 6.27. The third-order valence-corrected chi connectivity index (χ3v) is 2.61. The first-order valence-electron chi connectivity index (χ1n) is 6.27. The fourth-order valence-corrected chi connectivity index (χ4v) is 1.68. The summed E-state index contributed by atoms with van der Waals surface area (Å²) in [6, 6.07) is 7.54. The molecule has 5 heteroatoms. The van der Waals surface area contributed by atoms with Gasteiger partial charge in [-0.2, -0.15) is 0 Å². The lowest BCUT2D eigenvalue weighted by Crippen LogP contribution is -2.37. The van der Waals surface area contributed by atoms with Crippen molar-refractivity contribution in [1.82, 2.24) is 10.2 Å². The van der Waals surface area contributed by atoms with Crippen LogP contribution in [0.15, 0.2) is 24.3 Å². The van der Waals surface area contributed by atoms with E-state index in [0.29, 0.717) is 5.56 Å². The summed E-state index contributed by atoms with van der Waals surface area (Å²) in [6.07, 6.45) is 0. The monoisotopic (exact) mass is 263 g/mol. The lowest BCUT2D eigenvalue weighted by molar-refractivity contribution is -0.121. The maximum atomic E-state index is 12.3. The molecule has 104 valence electrons. The second-order valence-electron chi connectivity index (χ2n) is 4.68. The van der Waals surface area contributed by atoms with E-state index in [1.807, 2.05) is 32.0 Å². The molecular formula is C14H21N3O2. The van der Waals surface area contributed by atoms with Gasteiger partial charge in [0.2, 0.25) is 5.91 Å². The predicted molar refractivity (Wildman–Crippen MR) is 76.2 cm³/mol. The highest BCUT2D eigenvalue weighted by Crippen LogP contribution is 2.17. The van der Waals surface area contributed by atoms with Crippen molar-refractivity contribution in [1.29, 1.82) is 0 Å². The molecule has 0 radical (unpaired) electrons. The fraction of sp³-hybridized carbons (Fsp3) is 0.429. The topological polar surface area (TPSA) is 61.4 Å². The van der Waals surface area contributed by atoms with Crippen LogP contribution in [0.4, 0.5) is 5.69 Å². The minimum absolute atomic E-state index is 0.0470. The van der Waals surface area contributed by atoms with Crippen LogP contribution in [0.25, 0.3) is 0 Å². The first-order chi connectivity index (χ1) is 8.95. The van der Waals surface area contributed by atoms with Crippen LogP contribution in [0.2, 0.25) is 0 Å².